The summed E-state index contributed by atoms with van der Waals surface area (Å²) < 4.78 is 0. The highest BCUT2D eigenvalue weighted by Gasteiger charge is 2.04. The Labute approximate surface area is 117 Å². The predicted molar refractivity (Wildman–Crippen MR) is 77.4 cm³/mol. The van der Waals surface area contributed by atoms with Gasteiger partial charge in [0.2, 0.25) is 5.91 Å². The van der Waals surface area contributed by atoms with Crippen LogP contribution in [-0.4, -0.2) is 10.9 Å². The zero-order valence-corrected chi connectivity index (χ0v) is 11.4. The lowest BCUT2D eigenvalue weighted by Gasteiger charge is -2.07. The maximum atomic E-state index is 11.8. The lowest BCUT2D eigenvalue weighted by molar-refractivity contribution is -0.116. The van der Waals surface area contributed by atoms with Gasteiger partial charge in [0, 0.05) is 29.5 Å². The van der Waals surface area contributed by atoms with Crippen molar-refractivity contribution in [3.05, 3.63) is 58.9 Å². The molecule has 0 saturated heterocycles. The minimum absolute atomic E-state index is 0.0169. The maximum Gasteiger partial charge on any atom is 0.224 e. The number of pyridine rings is 1. The molecule has 0 aliphatic rings. The van der Waals surface area contributed by atoms with Gasteiger partial charge in [0.1, 0.15) is 0 Å². The van der Waals surface area contributed by atoms with Crippen LogP contribution in [-0.2, 0) is 11.2 Å². The molecule has 2 aromatic rings. The zero-order valence-electron chi connectivity index (χ0n) is 10.7. The van der Waals surface area contributed by atoms with Crippen molar-refractivity contribution in [1.29, 1.82) is 0 Å². The van der Waals surface area contributed by atoms with E-state index in [1.54, 1.807) is 18.5 Å². The van der Waals surface area contributed by atoms with Gasteiger partial charge >= 0.3 is 0 Å². The molecule has 0 unspecified atom stereocenters. The van der Waals surface area contributed by atoms with Gasteiger partial charge < -0.3 is 5.32 Å². The maximum absolute atomic E-state index is 11.8. The lowest BCUT2D eigenvalue weighted by atomic mass is 10.1. The molecule has 19 heavy (non-hydrogen) atoms. The number of anilines is 1. The average Bonchev–Trinajstić information content (AvgIpc) is 2.42. The first-order chi connectivity index (χ1) is 9.15. The molecule has 0 radical (unpaired) electrons. The number of carbonyl (C=O) groups is 1. The highest BCUT2D eigenvalue weighted by atomic mass is 35.5. The van der Waals surface area contributed by atoms with Gasteiger partial charge in [0.05, 0.1) is 0 Å². The lowest BCUT2D eigenvalue weighted by Crippen LogP contribution is -2.12. The molecular weight excluding hydrogens is 260 g/mol. The van der Waals surface area contributed by atoms with Crippen molar-refractivity contribution in [3.63, 3.8) is 0 Å². The molecule has 0 saturated carbocycles. The normalized spacial score (nSPS) is 10.2. The predicted octanol–water partition coefficient (Wildman–Crippen LogP) is 3.61. The van der Waals surface area contributed by atoms with Crippen LogP contribution in [0.5, 0.6) is 0 Å². The van der Waals surface area contributed by atoms with Crippen molar-refractivity contribution in [2.24, 2.45) is 0 Å². The van der Waals surface area contributed by atoms with E-state index in [0.717, 1.165) is 16.8 Å². The summed E-state index contributed by atoms with van der Waals surface area (Å²) in [5.41, 5.74) is 2.83. The van der Waals surface area contributed by atoms with E-state index in [2.05, 4.69) is 10.3 Å². The minimum Gasteiger partial charge on any atom is -0.326 e. The number of aryl methyl sites for hydroxylation is 2. The van der Waals surface area contributed by atoms with E-state index in [9.17, 15) is 4.79 Å². The Morgan fingerprint density at radius 3 is 2.68 bits per heavy atom. The third-order valence-corrected chi connectivity index (χ3v) is 3.25. The van der Waals surface area contributed by atoms with E-state index in [-0.39, 0.29) is 5.91 Å². The van der Waals surface area contributed by atoms with Crippen LogP contribution in [0.3, 0.4) is 0 Å². The monoisotopic (exact) mass is 274 g/mol. The van der Waals surface area contributed by atoms with Crippen LogP contribution in [0.4, 0.5) is 5.69 Å². The van der Waals surface area contributed by atoms with Gasteiger partial charge in [-0.3, -0.25) is 9.78 Å². The molecule has 0 aliphatic carbocycles. The average molecular weight is 275 g/mol. The van der Waals surface area contributed by atoms with Crippen LogP contribution < -0.4 is 5.32 Å². The molecule has 0 fully saturated rings. The number of halogens is 1. The fraction of sp³-hybridized carbons (Fsp3) is 0.200. The number of hydrogen-bond donors (Lipinski definition) is 1. The van der Waals surface area contributed by atoms with Crippen LogP contribution in [0.25, 0.3) is 0 Å². The first kappa shape index (κ1) is 13.6. The van der Waals surface area contributed by atoms with E-state index < -0.39 is 0 Å². The molecule has 1 aromatic heterocycles. The van der Waals surface area contributed by atoms with Crippen LogP contribution in [0.2, 0.25) is 5.02 Å². The summed E-state index contributed by atoms with van der Waals surface area (Å²) in [6, 6.07) is 9.33. The largest absolute Gasteiger partial charge is 0.326 e. The second-order valence-corrected chi connectivity index (χ2v) is 4.77. The summed E-state index contributed by atoms with van der Waals surface area (Å²) >= 11 is 6.01. The molecule has 2 rings (SSSR count). The van der Waals surface area contributed by atoms with Gasteiger partial charge in [-0.25, -0.2) is 0 Å². The number of aromatic nitrogens is 1. The Morgan fingerprint density at radius 2 is 2.00 bits per heavy atom. The smallest absolute Gasteiger partial charge is 0.224 e. The standard InChI is InChI=1S/C15H15ClN2O/c1-11-2-4-13(10-14(11)16)18-15(19)5-3-12-6-8-17-9-7-12/h2,4,6-10H,3,5H2,1H3,(H,18,19). The Balaban J connectivity index is 1.89. The van der Waals surface area contributed by atoms with Crippen molar-refractivity contribution in [3.8, 4) is 0 Å². The number of carbonyl (C=O) groups excluding carboxylic acids is 1. The van der Waals surface area contributed by atoms with E-state index in [1.807, 2.05) is 31.2 Å². The van der Waals surface area contributed by atoms with Crippen LogP contribution >= 0.6 is 11.6 Å². The van der Waals surface area contributed by atoms with Crippen LogP contribution in [0, 0.1) is 6.92 Å². The molecule has 1 heterocycles. The summed E-state index contributed by atoms with van der Waals surface area (Å²) in [6.07, 6.45) is 4.60. The molecule has 1 aromatic carbocycles. The Kier molecular flexibility index (Phi) is 4.53. The van der Waals surface area contributed by atoms with E-state index in [1.165, 1.54) is 0 Å². The first-order valence-corrected chi connectivity index (χ1v) is 6.48. The van der Waals surface area contributed by atoms with Crippen LogP contribution in [0.15, 0.2) is 42.7 Å². The van der Waals surface area contributed by atoms with E-state index in [0.29, 0.717) is 17.9 Å². The quantitative estimate of drug-likeness (QED) is 0.925. The van der Waals surface area contributed by atoms with Gasteiger partial charge in [0.15, 0.2) is 0 Å². The van der Waals surface area contributed by atoms with Crippen molar-refractivity contribution in [1.82, 2.24) is 4.98 Å². The van der Waals surface area contributed by atoms with Gasteiger partial charge in [0.25, 0.3) is 0 Å². The summed E-state index contributed by atoms with van der Waals surface area (Å²) in [6.45, 7) is 1.93. The SMILES string of the molecule is Cc1ccc(NC(=O)CCc2ccncc2)cc1Cl. The number of benzene rings is 1. The number of rotatable bonds is 4. The number of nitrogens with one attached hydrogen (secondary N) is 1. The van der Waals surface area contributed by atoms with Crippen molar-refractivity contribution in [2.75, 3.05) is 5.32 Å². The van der Waals surface area contributed by atoms with Crippen molar-refractivity contribution in [2.45, 2.75) is 19.8 Å². The zero-order chi connectivity index (χ0) is 13.7. The first-order valence-electron chi connectivity index (χ1n) is 6.10. The fourth-order valence-corrected chi connectivity index (χ4v) is 1.88. The minimum atomic E-state index is -0.0169. The summed E-state index contributed by atoms with van der Waals surface area (Å²) in [4.78, 5) is 15.8. The molecule has 0 bridgehead atoms. The molecule has 0 atom stereocenters. The molecule has 0 spiro atoms. The Hall–Kier alpha value is -1.87. The molecule has 1 N–H and O–H groups in total. The third-order valence-electron chi connectivity index (χ3n) is 2.85. The fourth-order valence-electron chi connectivity index (χ4n) is 1.70. The van der Waals surface area contributed by atoms with E-state index >= 15 is 0 Å². The van der Waals surface area contributed by atoms with Gasteiger partial charge in [-0.2, -0.15) is 0 Å². The van der Waals surface area contributed by atoms with Crippen molar-refractivity contribution < 1.29 is 4.79 Å². The molecule has 3 nitrogen and oxygen atoms in total. The van der Waals surface area contributed by atoms with E-state index in [4.69, 9.17) is 11.6 Å². The summed E-state index contributed by atoms with van der Waals surface area (Å²) in [7, 11) is 0. The molecule has 98 valence electrons. The molecule has 4 heteroatoms. The second kappa shape index (κ2) is 6.34. The molecule has 1 amide bonds. The van der Waals surface area contributed by atoms with Crippen molar-refractivity contribution >= 4 is 23.2 Å². The second-order valence-electron chi connectivity index (χ2n) is 4.37. The van der Waals surface area contributed by atoms with Gasteiger partial charge in [-0.05, 0) is 48.7 Å². The topological polar surface area (TPSA) is 42.0 Å². The Morgan fingerprint density at radius 1 is 1.26 bits per heavy atom. The summed E-state index contributed by atoms with van der Waals surface area (Å²) in [5.74, 6) is -0.0169. The molecular formula is C15H15ClN2O. The summed E-state index contributed by atoms with van der Waals surface area (Å²) in [5, 5.41) is 3.50. The number of hydrogen-bond acceptors (Lipinski definition) is 2. The highest BCUT2D eigenvalue weighted by molar-refractivity contribution is 6.31. The Bertz CT molecular complexity index is 570. The number of amides is 1. The third kappa shape index (κ3) is 4.07. The van der Waals surface area contributed by atoms with Crippen LogP contribution in [0.1, 0.15) is 17.5 Å². The van der Waals surface area contributed by atoms with Gasteiger partial charge in [-0.15, -0.1) is 0 Å². The molecule has 0 aliphatic heterocycles. The highest BCUT2D eigenvalue weighted by Crippen LogP contribution is 2.20. The van der Waals surface area contributed by atoms with Gasteiger partial charge in [-0.1, -0.05) is 17.7 Å². The number of nitrogens with zero attached hydrogens (tertiary/aromatic N) is 1.